The van der Waals surface area contributed by atoms with Gasteiger partial charge in [0.2, 0.25) is 5.91 Å². The van der Waals surface area contributed by atoms with Crippen LogP contribution in [0.15, 0.2) is 47.7 Å². The average molecular weight is 456 g/mol. The van der Waals surface area contributed by atoms with Gasteiger partial charge in [0.1, 0.15) is 0 Å². The van der Waals surface area contributed by atoms with Crippen LogP contribution in [-0.2, 0) is 11.3 Å². The van der Waals surface area contributed by atoms with E-state index < -0.39 is 0 Å². The zero-order valence-corrected chi connectivity index (χ0v) is 17.1. The summed E-state index contributed by atoms with van der Waals surface area (Å²) < 4.78 is 1.82. The first-order chi connectivity index (χ1) is 11.6. The third kappa shape index (κ3) is 6.73. The number of aliphatic imine (C=N–C) groups is 1. The summed E-state index contributed by atoms with van der Waals surface area (Å²) in [5.41, 5.74) is 2.00. The van der Waals surface area contributed by atoms with E-state index in [0.29, 0.717) is 12.5 Å². The van der Waals surface area contributed by atoms with E-state index in [1.807, 2.05) is 48.1 Å². The lowest BCUT2D eigenvalue weighted by atomic mass is 10.3. The molecule has 1 aromatic carbocycles. The Bertz CT molecular complexity index is 683. The summed E-state index contributed by atoms with van der Waals surface area (Å²) in [7, 11) is 3.46. The molecule has 0 radical (unpaired) electrons. The van der Waals surface area contributed by atoms with Gasteiger partial charge in [-0.05, 0) is 19.1 Å². The predicted molar refractivity (Wildman–Crippen MR) is 110 cm³/mol. The first-order valence-electron chi connectivity index (χ1n) is 7.91. The molecule has 0 atom stereocenters. The number of halogens is 1. The molecule has 0 fully saturated rings. The molecule has 7 nitrogen and oxygen atoms in total. The Morgan fingerprint density at radius 2 is 1.96 bits per heavy atom. The third-order valence-corrected chi connectivity index (χ3v) is 3.33. The van der Waals surface area contributed by atoms with Crippen molar-refractivity contribution in [2.24, 2.45) is 4.99 Å². The van der Waals surface area contributed by atoms with Crippen molar-refractivity contribution >= 4 is 35.8 Å². The van der Waals surface area contributed by atoms with Crippen molar-refractivity contribution in [3.63, 3.8) is 0 Å². The molecule has 1 heterocycles. The fraction of sp³-hybridized carbons (Fsp3) is 0.353. The summed E-state index contributed by atoms with van der Waals surface area (Å²) in [6, 6.07) is 9.92. The van der Waals surface area contributed by atoms with Crippen LogP contribution in [0.2, 0.25) is 0 Å². The molecule has 25 heavy (non-hydrogen) atoms. The number of likely N-dealkylation sites (N-methyl/N-ethyl adjacent to an activating group) is 1. The summed E-state index contributed by atoms with van der Waals surface area (Å²) in [5.74, 6) is 0.609. The van der Waals surface area contributed by atoms with Crippen molar-refractivity contribution in [2.75, 3.05) is 27.2 Å². The molecule has 0 aliphatic heterocycles. The normalized spacial score (nSPS) is 10.8. The number of nitrogens with one attached hydrogen (secondary N) is 2. The molecular formula is C17H25IN6O. The first-order valence-corrected chi connectivity index (χ1v) is 7.91. The van der Waals surface area contributed by atoms with Gasteiger partial charge < -0.3 is 15.5 Å². The highest BCUT2D eigenvalue weighted by Crippen LogP contribution is 2.08. The highest BCUT2D eigenvalue weighted by molar-refractivity contribution is 14.0. The van der Waals surface area contributed by atoms with Gasteiger partial charge in [-0.15, -0.1) is 24.0 Å². The van der Waals surface area contributed by atoms with Crippen molar-refractivity contribution < 1.29 is 4.79 Å². The summed E-state index contributed by atoms with van der Waals surface area (Å²) >= 11 is 0. The van der Waals surface area contributed by atoms with Gasteiger partial charge in [-0.3, -0.25) is 4.79 Å². The molecule has 0 aliphatic carbocycles. The second-order valence-corrected chi connectivity index (χ2v) is 5.47. The Morgan fingerprint density at radius 1 is 1.24 bits per heavy atom. The molecule has 0 saturated heterocycles. The number of carbonyl (C=O) groups excluding carboxylic acids is 1. The molecule has 2 aromatic rings. The molecule has 2 rings (SSSR count). The minimum absolute atomic E-state index is 0. The van der Waals surface area contributed by atoms with Crippen LogP contribution < -0.4 is 10.6 Å². The number of aromatic nitrogens is 2. The Hall–Kier alpha value is -2.10. The van der Waals surface area contributed by atoms with Gasteiger partial charge >= 0.3 is 0 Å². The third-order valence-electron chi connectivity index (χ3n) is 3.33. The largest absolute Gasteiger partial charge is 0.357 e. The molecule has 0 saturated carbocycles. The van der Waals surface area contributed by atoms with Crippen LogP contribution in [0.4, 0.5) is 0 Å². The van der Waals surface area contributed by atoms with Gasteiger partial charge in [0.15, 0.2) is 5.96 Å². The standard InChI is InChI=1S/C17H24N6O.HI/c1-4-18-17(20-12-16(24)22(2)3)19-10-14-11-21-23(13-14)15-8-6-5-7-9-15;/h5-9,11,13H,4,10,12H2,1-3H3,(H2,18,19,20);1H. The van der Waals surface area contributed by atoms with Gasteiger partial charge in [-0.25, -0.2) is 9.67 Å². The fourth-order valence-corrected chi connectivity index (χ4v) is 1.99. The van der Waals surface area contributed by atoms with Crippen LogP contribution >= 0.6 is 24.0 Å². The van der Waals surface area contributed by atoms with E-state index >= 15 is 0 Å². The van der Waals surface area contributed by atoms with Gasteiger partial charge in [0, 0.05) is 32.4 Å². The highest BCUT2D eigenvalue weighted by atomic mass is 127. The topological polar surface area (TPSA) is 74.5 Å². The Morgan fingerprint density at radius 3 is 2.60 bits per heavy atom. The summed E-state index contributed by atoms with van der Waals surface area (Å²) in [6.07, 6.45) is 3.75. The van der Waals surface area contributed by atoms with Gasteiger partial charge in [-0.1, -0.05) is 18.2 Å². The lowest BCUT2D eigenvalue weighted by Gasteiger charge is -2.13. The van der Waals surface area contributed by atoms with Crippen molar-refractivity contribution in [1.82, 2.24) is 25.3 Å². The summed E-state index contributed by atoms with van der Waals surface area (Å²) in [4.78, 5) is 17.7. The first kappa shape index (κ1) is 20.9. The number of para-hydroxylation sites is 1. The van der Waals surface area contributed by atoms with E-state index in [9.17, 15) is 4.79 Å². The van der Waals surface area contributed by atoms with Gasteiger partial charge in [0.25, 0.3) is 0 Å². The van der Waals surface area contributed by atoms with E-state index in [2.05, 4.69) is 20.7 Å². The summed E-state index contributed by atoms with van der Waals surface area (Å²) in [5, 5.41) is 10.5. The van der Waals surface area contributed by atoms with Crippen molar-refractivity contribution in [3.8, 4) is 5.69 Å². The van der Waals surface area contributed by atoms with E-state index in [-0.39, 0.29) is 36.4 Å². The number of rotatable bonds is 6. The molecule has 0 unspecified atom stereocenters. The zero-order chi connectivity index (χ0) is 17.4. The zero-order valence-electron chi connectivity index (χ0n) is 14.8. The minimum Gasteiger partial charge on any atom is -0.357 e. The van der Waals surface area contributed by atoms with E-state index in [4.69, 9.17) is 0 Å². The lowest BCUT2D eigenvalue weighted by molar-refractivity contribution is -0.127. The molecule has 1 amide bonds. The molecule has 8 heteroatoms. The van der Waals surface area contributed by atoms with Crippen LogP contribution in [0.1, 0.15) is 12.5 Å². The smallest absolute Gasteiger partial charge is 0.241 e. The number of guanidine groups is 1. The predicted octanol–water partition coefficient (Wildman–Crippen LogP) is 1.63. The van der Waals surface area contributed by atoms with E-state index in [1.165, 1.54) is 0 Å². The van der Waals surface area contributed by atoms with Crippen molar-refractivity contribution in [1.29, 1.82) is 0 Å². The maximum Gasteiger partial charge on any atom is 0.241 e. The van der Waals surface area contributed by atoms with Gasteiger partial charge in [0.05, 0.1) is 25.0 Å². The maximum atomic E-state index is 11.7. The van der Waals surface area contributed by atoms with Crippen LogP contribution in [0.25, 0.3) is 5.69 Å². The van der Waals surface area contributed by atoms with Gasteiger partial charge in [-0.2, -0.15) is 5.10 Å². The SMILES string of the molecule is CCNC(=NCc1cnn(-c2ccccc2)c1)NCC(=O)N(C)C.I. The number of amides is 1. The number of carbonyl (C=O) groups is 1. The Kier molecular flexibility index (Phi) is 8.96. The maximum absolute atomic E-state index is 11.7. The number of hydrogen-bond acceptors (Lipinski definition) is 3. The van der Waals surface area contributed by atoms with Crippen molar-refractivity contribution in [3.05, 3.63) is 48.3 Å². The quantitative estimate of drug-likeness (QED) is 0.394. The van der Waals surface area contributed by atoms with E-state index in [0.717, 1.165) is 17.8 Å². The molecule has 0 spiro atoms. The minimum atomic E-state index is -0.00231. The number of nitrogens with zero attached hydrogens (tertiary/aromatic N) is 4. The molecule has 0 aliphatic rings. The van der Waals surface area contributed by atoms with Crippen LogP contribution in [0.5, 0.6) is 0 Å². The number of benzene rings is 1. The van der Waals surface area contributed by atoms with Crippen LogP contribution in [-0.4, -0.2) is 53.7 Å². The monoisotopic (exact) mass is 456 g/mol. The number of hydrogen-bond donors (Lipinski definition) is 2. The highest BCUT2D eigenvalue weighted by Gasteiger charge is 2.06. The second kappa shape index (κ2) is 10.7. The van der Waals surface area contributed by atoms with Crippen LogP contribution in [0.3, 0.4) is 0 Å². The molecule has 2 N–H and O–H groups in total. The lowest BCUT2D eigenvalue weighted by Crippen LogP contribution is -2.42. The molecular weight excluding hydrogens is 431 g/mol. The second-order valence-electron chi connectivity index (χ2n) is 5.47. The Labute approximate surface area is 165 Å². The molecule has 136 valence electrons. The summed E-state index contributed by atoms with van der Waals surface area (Å²) in [6.45, 7) is 3.41. The molecule has 1 aromatic heterocycles. The van der Waals surface area contributed by atoms with Crippen molar-refractivity contribution in [2.45, 2.75) is 13.5 Å². The fourth-order valence-electron chi connectivity index (χ4n) is 1.99. The Balaban J connectivity index is 0.00000312. The molecule has 0 bridgehead atoms. The van der Waals surface area contributed by atoms with E-state index in [1.54, 1.807) is 25.2 Å². The van der Waals surface area contributed by atoms with Crippen LogP contribution in [0, 0.1) is 0 Å². The average Bonchev–Trinajstić information content (AvgIpc) is 3.06.